The van der Waals surface area contributed by atoms with Crippen LogP contribution in [0.2, 0.25) is 0 Å². The van der Waals surface area contributed by atoms with E-state index in [0.717, 1.165) is 36.2 Å². The topological polar surface area (TPSA) is 63.1 Å². The Balaban J connectivity index is 1.69. The van der Waals surface area contributed by atoms with Gasteiger partial charge in [0.05, 0.1) is 11.4 Å². The highest BCUT2D eigenvalue weighted by atomic mass is 19.1. The molecule has 5 nitrogen and oxygen atoms in total. The van der Waals surface area contributed by atoms with Crippen LogP contribution in [-0.4, -0.2) is 34.5 Å². The van der Waals surface area contributed by atoms with Crippen LogP contribution in [0.25, 0.3) is 11.3 Å². The molecule has 0 amide bonds. The van der Waals surface area contributed by atoms with Gasteiger partial charge in [-0.1, -0.05) is 13.0 Å². The second-order valence-corrected chi connectivity index (χ2v) is 6.46. The molecule has 130 valence electrons. The molecule has 2 aromatic rings. The highest BCUT2D eigenvalue weighted by molar-refractivity contribution is 6.03. The second-order valence-electron chi connectivity index (χ2n) is 6.46. The molecule has 1 N–H and O–H groups in total. The summed E-state index contributed by atoms with van der Waals surface area (Å²) in [5.74, 6) is 0.215. The summed E-state index contributed by atoms with van der Waals surface area (Å²) >= 11 is 0. The first-order valence-electron chi connectivity index (χ1n) is 8.37. The van der Waals surface area contributed by atoms with E-state index in [0.29, 0.717) is 18.1 Å². The van der Waals surface area contributed by atoms with Crippen molar-refractivity contribution in [3.63, 3.8) is 0 Å². The van der Waals surface area contributed by atoms with Crippen molar-refractivity contribution >= 4 is 11.5 Å². The Morgan fingerprint density at radius 1 is 1.28 bits per heavy atom. The van der Waals surface area contributed by atoms with Crippen LogP contribution in [0.15, 0.2) is 47.9 Å². The van der Waals surface area contributed by atoms with Gasteiger partial charge in [0.15, 0.2) is 0 Å². The van der Waals surface area contributed by atoms with Crippen LogP contribution in [0.1, 0.15) is 25.0 Å². The molecule has 2 heterocycles. The SMILES string of the molecule is C=C(F)C(=NC)C1(CNc2ccc(-c3ccc(C)nc3)nn2)CCC1. The van der Waals surface area contributed by atoms with Gasteiger partial charge in [-0.05, 0) is 44.0 Å². The number of nitrogens with one attached hydrogen (secondary N) is 1. The van der Waals surface area contributed by atoms with Gasteiger partial charge < -0.3 is 5.32 Å². The molecular formula is C19H22FN5. The van der Waals surface area contributed by atoms with E-state index in [1.54, 1.807) is 13.2 Å². The first-order chi connectivity index (χ1) is 12.0. The van der Waals surface area contributed by atoms with Crippen LogP contribution < -0.4 is 5.32 Å². The number of halogens is 1. The van der Waals surface area contributed by atoms with Crippen molar-refractivity contribution in [2.75, 3.05) is 18.9 Å². The van der Waals surface area contributed by atoms with Gasteiger partial charge >= 0.3 is 0 Å². The molecule has 1 aliphatic carbocycles. The Morgan fingerprint density at radius 3 is 2.56 bits per heavy atom. The molecule has 25 heavy (non-hydrogen) atoms. The third kappa shape index (κ3) is 3.57. The molecule has 3 rings (SSSR count). The maximum Gasteiger partial charge on any atom is 0.148 e. The van der Waals surface area contributed by atoms with Crippen LogP contribution in [0.4, 0.5) is 10.2 Å². The van der Waals surface area contributed by atoms with Crippen LogP contribution in [-0.2, 0) is 0 Å². The Labute approximate surface area is 147 Å². The van der Waals surface area contributed by atoms with Crippen molar-refractivity contribution < 1.29 is 4.39 Å². The minimum atomic E-state index is -0.447. The van der Waals surface area contributed by atoms with Crippen molar-refractivity contribution in [2.24, 2.45) is 10.4 Å². The van der Waals surface area contributed by atoms with Crippen molar-refractivity contribution in [2.45, 2.75) is 26.2 Å². The number of anilines is 1. The monoisotopic (exact) mass is 339 g/mol. The molecule has 0 bridgehead atoms. The molecule has 0 spiro atoms. The molecule has 0 aliphatic heterocycles. The lowest BCUT2D eigenvalue weighted by Crippen LogP contribution is -2.44. The molecule has 0 radical (unpaired) electrons. The van der Waals surface area contributed by atoms with Crippen LogP contribution >= 0.6 is 0 Å². The zero-order chi connectivity index (χ0) is 17.9. The first-order valence-corrected chi connectivity index (χ1v) is 8.37. The molecule has 0 atom stereocenters. The third-order valence-corrected chi connectivity index (χ3v) is 4.77. The average molecular weight is 339 g/mol. The molecule has 1 saturated carbocycles. The van der Waals surface area contributed by atoms with E-state index in [1.165, 1.54) is 0 Å². The van der Waals surface area contributed by atoms with Crippen molar-refractivity contribution in [1.29, 1.82) is 0 Å². The molecule has 6 heteroatoms. The first kappa shape index (κ1) is 17.2. The standard InChI is InChI=1S/C19H22FN5/c1-13-5-6-15(11-22-13)16-7-8-17(25-24-16)23-12-19(9-4-10-19)18(21-3)14(2)20/h5-8,11H,2,4,9-10,12H2,1,3H3,(H,23,25). The fourth-order valence-electron chi connectivity index (χ4n) is 3.21. The lowest BCUT2D eigenvalue weighted by molar-refractivity contribution is 0.247. The smallest absolute Gasteiger partial charge is 0.148 e. The number of hydrogen-bond donors (Lipinski definition) is 1. The number of rotatable bonds is 6. The van der Waals surface area contributed by atoms with Gasteiger partial charge in [-0.25, -0.2) is 4.39 Å². The highest BCUT2D eigenvalue weighted by Gasteiger charge is 2.42. The fraction of sp³-hybridized carbons (Fsp3) is 0.368. The average Bonchev–Trinajstić information content (AvgIpc) is 2.58. The minimum absolute atomic E-state index is 0.290. The van der Waals surface area contributed by atoms with E-state index in [9.17, 15) is 4.39 Å². The number of aromatic nitrogens is 3. The molecule has 1 aliphatic rings. The number of aliphatic imine (C=N–C) groups is 1. The summed E-state index contributed by atoms with van der Waals surface area (Å²) in [7, 11) is 1.62. The van der Waals surface area contributed by atoms with Crippen molar-refractivity contribution in [1.82, 2.24) is 15.2 Å². The summed E-state index contributed by atoms with van der Waals surface area (Å²) in [6, 6.07) is 7.69. The normalized spacial score (nSPS) is 16.2. The number of hydrogen-bond acceptors (Lipinski definition) is 5. The molecule has 0 saturated heterocycles. The van der Waals surface area contributed by atoms with Gasteiger partial charge in [0.1, 0.15) is 11.6 Å². The van der Waals surface area contributed by atoms with E-state index in [4.69, 9.17) is 0 Å². The Kier molecular flexibility index (Phi) is 4.88. The zero-order valence-electron chi connectivity index (χ0n) is 14.6. The largest absolute Gasteiger partial charge is 0.368 e. The summed E-state index contributed by atoms with van der Waals surface area (Å²) in [6.45, 7) is 5.94. The van der Waals surface area contributed by atoms with Gasteiger partial charge in [-0.3, -0.25) is 9.98 Å². The molecule has 0 unspecified atom stereocenters. The number of allylic oxidation sites excluding steroid dienone is 1. The van der Waals surface area contributed by atoms with Gasteiger partial charge in [-0.15, -0.1) is 10.2 Å². The Bertz CT molecular complexity index is 776. The molecule has 0 aromatic carbocycles. The second kappa shape index (κ2) is 7.09. The van der Waals surface area contributed by atoms with Crippen LogP contribution in [0, 0.1) is 12.3 Å². The summed E-state index contributed by atoms with van der Waals surface area (Å²) < 4.78 is 13.7. The van der Waals surface area contributed by atoms with E-state index in [1.807, 2.05) is 31.2 Å². The number of pyridine rings is 1. The highest BCUT2D eigenvalue weighted by Crippen LogP contribution is 2.44. The number of nitrogens with zero attached hydrogens (tertiary/aromatic N) is 4. The van der Waals surface area contributed by atoms with Gasteiger partial charge in [-0.2, -0.15) is 0 Å². The summed E-state index contributed by atoms with van der Waals surface area (Å²) in [4.78, 5) is 8.38. The summed E-state index contributed by atoms with van der Waals surface area (Å²) in [5.41, 5.74) is 2.82. The van der Waals surface area contributed by atoms with E-state index in [-0.39, 0.29) is 5.41 Å². The maximum atomic E-state index is 13.7. The van der Waals surface area contributed by atoms with Gasteiger partial charge in [0.25, 0.3) is 0 Å². The molecule has 2 aromatic heterocycles. The maximum absolute atomic E-state index is 13.7. The van der Waals surface area contributed by atoms with Gasteiger partial charge in [0, 0.05) is 36.5 Å². The van der Waals surface area contributed by atoms with Gasteiger partial charge in [0.2, 0.25) is 0 Å². The van der Waals surface area contributed by atoms with E-state index in [2.05, 4.69) is 32.1 Å². The Morgan fingerprint density at radius 2 is 2.08 bits per heavy atom. The van der Waals surface area contributed by atoms with E-state index >= 15 is 0 Å². The number of aryl methyl sites for hydroxylation is 1. The quantitative estimate of drug-likeness (QED) is 0.809. The summed E-state index contributed by atoms with van der Waals surface area (Å²) in [5, 5.41) is 11.7. The third-order valence-electron chi connectivity index (χ3n) is 4.77. The predicted octanol–water partition coefficient (Wildman–Crippen LogP) is 3.98. The lowest BCUT2D eigenvalue weighted by atomic mass is 9.65. The van der Waals surface area contributed by atoms with Crippen molar-refractivity contribution in [3.05, 3.63) is 48.6 Å². The fourth-order valence-corrected chi connectivity index (χ4v) is 3.21. The van der Waals surface area contributed by atoms with Crippen LogP contribution in [0.3, 0.4) is 0 Å². The Hall–Kier alpha value is -2.63. The zero-order valence-corrected chi connectivity index (χ0v) is 14.6. The predicted molar refractivity (Wildman–Crippen MR) is 98.4 cm³/mol. The summed E-state index contributed by atoms with van der Waals surface area (Å²) in [6.07, 6.45) is 4.65. The lowest BCUT2D eigenvalue weighted by Gasteiger charge is -2.42. The minimum Gasteiger partial charge on any atom is -0.368 e. The van der Waals surface area contributed by atoms with Crippen LogP contribution in [0.5, 0.6) is 0 Å². The van der Waals surface area contributed by atoms with E-state index < -0.39 is 5.83 Å². The molecular weight excluding hydrogens is 317 g/mol. The van der Waals surface area contributed by atoms with Crippen molar-refractivity contribution in [3.8, 4) is 11.3 Å². The molecule has 1 fully saturated rings.